The number of aliphatic hydroxyl groups excluding tert-OH is 4. The van der Waals surface area contributed by atoms with E-state index in [0.717, 1.165) is 6.21 Å². The molecular formula is C8H16N2O5S. The van der Waals surface area contributed by atoms with Gasteiger partial charge in [0.15, 0.2) is 0 Å². The van der Waals surface area contributed by atoms with Crippen LogP contribution in [0.4, 0.5) is 0 Å². The van der Waals surface area contributed by atoms with Crippen LogP contribution in [0.3, 0.4) is 0 Å². The number of carbonyl (C=O) groups excluding carboxylic acids is 1. The number of hydrogen-bond acceptors (Lipinski definition) is 7. The van der Waals surface area contributed by atoms with Crippen molar-refractivity contribution in [3.05, 3.63) is 0 Å². The molecule has 16 heavy (non-hydrogen) atoms. The van der Waals surface area contributed by atoms with Gasteiger partial charge in [-0.2, -0.15) is 17.7 Å². The van der Waals surface area contributed by atoms with E-state index in [9.17, 15) is 20.1 Å². The summed E-state index contributed by atoms with van der Waals surface area (Å²) in [7, 11) is 0. The number of nitrogens with zero attached hydrogens (tertiary/aromatic N) is 1. The maximum absolute atomic E-state index is 10.7. The summed E-state index contributed by atoms with van der Waals surface area (Å²) >= 11 is 3.67. The molecule has 0 spiro atoms. The topological polar surface area (TPSA) is 122 Å². The fraction of sp³-hybridized carbons (Fsp3) is 0.750. The molecule has 0 bridgehead atoms. The van der Waals surface area contributed by atoms with Gasteiger partial charge in [0.25, 0.3) is 0 Å². The fourth-order valence-corrected chi connectivity index (χ4v) is 0.867. The predicted molar refractivity (Wildman–Crippen MR) is 60.2 cm³/mol. The molecule has 5 N–H and O–H groups in total. The Hall–Kier alpha value is -0.670. The number of hydrogen-bond donors (Lipinski definition) is 6. The maximum atomic E-state index is 10.7. The second kappa shape index (κ2) is 7.58. The van der Waals surface area contributed by atoms with Crippen molar-refractivity contribution in [2.24, 2.45) is 5.10 Å². The van der Waals surface area contributed by atoms with Crippen molar-refractivity contribution in [2.45, 2.75) is 31.3 Å². The summed E-state index contributed by atoms with van der Waals surface area (Å²) in [5.41, 5.74) is 2.03. The van der Waals surface area contributed by atoms with E-state index in [4.69, 9.17) is 5.11 Å². The molecule has 1 amide bonds. The average Bonchev–Trinajstić information content (AvgIpc) is 2.26. The van der Waals surface area contributed by atoms with E-state index < -0.39 is 30.3 Å². The highest BCUT2D eigenvalue weighted by molar-refractivity contribution is 7.81. The third kappa shape index (κ3) is 5.42. The Morgan fingerprint density at radius 3 is 2.38 bits per heavy atom. The molecule has 0 saturated heterocycles. The molecule has 4 atom stereocenters. The zero-order valence-electron chi connectivity index (χ0n) is 8.69. The number of carbonyl (C=O) groups is 1. The van der Waals surface area contributed by atoms with Gasteiger partial charge in [-0.1, -0.05) is 0 Å². The van der Waals surface area contributed by atoms with Gasteiger partial charge in [-0.25, -0.2) is 5.43 Å². The summed E-state index contributed by atoms with van der Waals surface area (Å²) in [4.78, 5) is 10.7. The first kappa shape index (κ1) is 15.3. The lowest BCUT2D eigenvalue weighted by Crippen LogP contribution is -2.44. The molecule has 0 unspecified atom stereocenters. The number of hydrazone groups is 1. The van der Waals surface area contributed by atoms with Crippen LogP contribution in [0, 0.1) is 0 Å². The number of amides is 1. The second-order valence-electron chi connectivity index (χ2n) is 3.18. The summed E-state index contributed by atoms with van der Waals surface area (Å²) in [5, 5.41) is 40.1. The van der Waals surface area contributed by atoms with Crippen LogP contribution in [0.2, 0.25) is 0 Å². The monoisotopic (exact) mass is 252 g/mol. The van der Waals surface area contributed by atoms with Gasteiger partial charge in [-0.15, -0.1) is 0 Å². The minimum atomic E-state index is -1.59. The van der Waals surface area contributed by atoms with Gasteiger partial charge >= 0.3 is 0 Å². The van der Waals surface area contributed by atoms with Crippen LogP contribution < -0.4 is 5.43 Å². The quantitative estimate of drug-likeness (QED) is 0.177. The van der Waals surface area contributed by atoms with E-state index in [1.807, 2.05) is 5.43 Å². The Kier molecular flexibility index (Phi) is 7.26. The molecule has 0 aliphatic carbocycles. The molecule has 0 rings (SSSR count). The van der Waals surface area contributed by atoms with Crippen LogP contribution in [0.25, 0.3) is 0 Å². The molecule has 0 aliphatic heterocycles. The molecular weight excluding hydrogens is 236 g/mol. The number of aliphatic hydroxyl groups is 4. The van der Waals surface area contributed by atoms with Gasteiger partial charge in [0.1, 0.15) is 18.3 Å². The van der Waals surface area contributed by atoms with Gasteiger partial charge < -0.3 is 20.4 Å². The molecule has 94 valence electrons. The average molecular weight is 252 g/mol. The summed E-state index contributed by atoms with van der Waals surface area (Å²) < 4.78 is 0. The standard InChI is InChI=1S/C8H16N2O5S/c1-4(11)7(14)8(15)5(12)2-9-10-6(13)3-16/h2,4-5,7-8,11-12,14-16H,3H2,1H3,(H,10,13)/t4-,5-,7-,8-/m0/s1. The lowest BCUT2D eigenvalue weighted by molar-refractivity contribution is -0.118. The van der Waals surface area contributed by atoms with E-state index in [0.29, 0.717) is 0 Å². The van der Waals surface area contributed by atoms with Crippen molar-refractivity contribution < 1.29 is 25.2 Å². The molecule has 8 heteroatoms. The highest BCUT2D eigenvalue weighted by Crippen LogP contribution is 2.03. The fourth-order valence-electron chi connectivity index (χ4n) is 0.797. The molecule has 0 aromatic carbocycles. The summed E-state index contributed by atoms with van der Waals surface area (Å²) in [6.45, 7) is 1.26. The SMILES string of the molecule is C[C@H](O)[C@H](O)[C@@H](O)[C@@H](O)C=NNC(=O)CS. The third-order valence-electron chi connectivity index (χ3n) is 1.75. The third-order valence-corrected chi connectivity index (χ3v) is 2.04. The number of rotatable bonds is 6. The zero-order chi connectivity index (χ0) is 12.7. The van der Waals surface area contributed by atoms with E-state index >= 15 is 0 Å². The summed E-state index contributed by atoms with van der Waals surface area (Å²) in [6, 6.07) is 0. The molecule has 0 aromatic rings. The molecule has 0 aromatic heterocycles. The van der Waals surface area contributed by atoms with Gasteiger partial charge in [0.2, 0.25) is 5.91 Å². The van der Waals surface area contributed by atoms with E-state index in [1.165, 1.54) is 6.92 Å². The highest BCUT2D eigenvalue weighted by Gasteiger charge is 2.26. The molecule has 7 nitrogen and oxygen atoms in total. The van der Waals surface area contributed by atoms with Crippen molar-refractivity contribution in [1.82, 2.24) is 5.43 Å². The van der Waals surface area contributed by atoms with E-state index in [2.05, 4.69) is 17.7 Å². The summed E-state index contributed by atoms with van der Waals surface area (Å²) in [6.07, 6.45) is -4.92. The van der Waals surface area contributed by atoms with Crippen molar-refractivity contribution in [2.75, 3.05) is 5.75 Å². The minimum Gasteiger partial charge on any atom is -0.391 e. The molecule has 0 radical (unpaired) electrons. The van der Waals surface area contributed by atoms with Crippen LogP contribution in [-0.4, -0.2) is 62.7 Å². The number of nitrogens with one attached hydrogen (secondary N) is 1. The maximum Gasteiger partial charge on any atom is 0.249 e. The van der Waals surface area contributed by atoms with Gasteiger partial charge in [-0.3, -0.25) is 4.79 Å². The van der Waals surface area contributed by atoms with Gasteiger partial charge in [0.05, 0.1) is 18.1 Å². The van der Waals surface area contributed by atoms with Crippen LogP contribution in [0.5, 0.6) is 0 Å². The molecule has 0 aliphatic rings. The highest BCUT2D eigenvalue weighted by atomic mass is 32.1. The Labute approximate surface area is 98.2 Å². The smallest absolute Gasteiger partial charge is 0.249 e. The largest absolute Gasteiger partial charge is 0.391 e. The Morgan fingerprint density at radius 1 is 1.38 bits per heavy atom. The van der Waals surface area contributed by atoms with Crippen molar-refractivity contribution >= 4 is 24.8 Å². The lowest BCUT2D eigenvalue weighted by atomic mass is 10.1. The van der Waals surface area contributed by atoms with Gasteiger partial charge in [-0.05, 0) is 6.92 Å². The number of thiol groups is 1. The molecule has 0 saturated carbocycles. The first-order valence-electron chi connectivity index (χ1n) is 4.55. The van der Waals surface area contributed by atoms with Gasteiger partial charge in [0, 0.05) is 0 Å². The normalized spacial score (nSPS) is 19.1. The van der Waals surface area contributed by atoms with Crippen LogP contribution in [0.1, 0.15) is 6.92 Å². The predicted octanol–water partition coefficient (Wildman–Crippen LogP) is -2.52. The second-order valence-corrected chi connectivity index (χ2v) is 3.50. The Morgan fingerprint density at radius 2 is 1.94 bits per heavy atom. The lowest BCUT2D eigenvalue weighted by Gasteiger charge is -2.22. The van der Waals surface area contributed by atoms with Crippen LogP contribution in [-0.2, 0) is 4.79 Å². The Bertz CT molecular complexity index is 249. The molecule has 0 heterocycles. The molecule has 0 fully saturated rings. The van der Waals surface area contributed by atoms with E-state index in [-0.39, 0.29) is 5.75 Å². The van der Waals surface area contributed by atoms with Crippen LogP contribution >= 0.6 is 12.6 Å². The van der Waals surface area contributed by atoms with Crippen molar-refractivity contribution in [3.63, 3.8) is 0 Å². The van der Waals surface area contributed by atoms with Crippen LogP contribution in [0.15, 0.2) is 5.10 Å². The summed E-state index contributed by atoms with van der Waals surface area (Å²) in [5.74, 6) is -0.538. The van der Waals surface area contributed by atoms with Crippen molar-refractivity contribution in [3.8, 4) is 0 Å². The first-order chi connectivity index (χ1) is 7.40. The van der Waals surface area contributed by atoms with E-state index in [1.54, 1.807) is 0 Å². The Balaban J connectivity index is 4.14. The zero-order valence-corrected chi connectivity index (χ0v) is 9.58. The van der Waals surface area contributed by atoms with Crippen molar-refractivity contribution in [1.29, 1.82) is 0 Å². The minimum absolute atomic E-state index is 0.0632. The first-order valence-corrected chi connectivity index (χ1v) is 5.18.